The number of carbonyl (C=O) groups excluding carboxylic acids is 1. The van der Waals surface area contributed by atoms with Gasteiger partial charge in [0.25, 0.3) is 0 Å². The summed E-state index contributed by atoms with van der Waals surface area (Å²) >= 11 is 0. The first kappa shape index (κ1) is 10.3. The van der Waals surface area contributed by atoms with Gasteiger partial charge in [-0.1, -0.05) is 11.6 Å². The number of allylic oxidation sites excluding steroid dienone is 2. The van der Waals surface area contributed by atoms with E-state index in [0.717, 1.165) is 19.3 Å². The summed E-state index contributed by atoms with van der Waals surface area (Å²) in [7, 11) is 0. The summed E-state index contributed by atoms with van der Waals surface area (Å²) in [6.07, 6.45) is 4.93. The minimum atomic E-state index is -0.268. The molecule has 0 N–H and O–H groups in total. The largest absolute Gasteiger partial charge is 0.466 e. The summed E-state index contributed by atoms with van der Waals surface area (Å²) in [5.41, 5.74) is 1.12. The van der Waals surface area contributed by atoms with Crippen molar-refractivity contribution in [3.63, 3.8) is 0 Å². The number of carbonyl (C=O) groups is 1. The van der Waals surface area contributed by atoms with E-state index in [0.29, 0.717) is 6.61 Å². The summed E-state index contributed by atoms with van der Waals surface area (Å²) < 4.78 is 5.05. The highest BCUT2D eigenvalue weighted by Gasteiger charge is 2.35. The van der Waals surface area contributed by atoms with Crippen molar-refractivity contribution in [1.29, 1.82) is 0 Å². The molecule has 0 aliphatic heterocycles. The zero-order valence-electron chi connectivity index (χ0n) is 8.72. The Morgan fingerprint density at radius 1 is 1.69 bits per heavy atom. The molecular formula is C11H18O2. The van der Waals surface area contributed by atoms with Crippen molar-refractivity contribution >= 4 is 5.97 Å². The van der Waals surface area contributed by atoms with Crippen LogP contribution in [0.25, 0.3) is 0 Å². The van der Waals surface area contributed by atoms with Crippen molar-refractivity contribution in [3.05, 3.63) is 11.6 Å². The number of rotatable bonds is 2. The maximum absolute atomic E-state index is 11.6. The van der Waals surface area contributed by atoms with E-state index in [9.17, 15) is 4.79 Å². The van der Waals surface area contributed by atoms with Crippen molar-refractivity contribution in [2.45, 2.75) is 40.0 Å². The molecule has 2 heteroatoms. The normalized spacial score (nSPS) is 28.1. The molecule has 0 aromatic rings. The van der Waals surface area contributed by atoms with E-state index in [1.807, 2.05) is 13.8 Å². The monoisotopic (exact) mass is 182 g/mol. The highest BCUT2D eigenvalue weighted by atomic mass is 16.5. The van der Waals surface area contributed by atoms with Gasteiger partial charge in [-0.3, -0.25) is 4.79 Å². The minimum absolute atomic E-state index is 0.0428. The molecule has 0 aromatic carbocycles. The fraction of sp³-hybridized carbons (Fsp3) is 0.727. The van der Waals surface area contributed by atoms with Gasteiger partial charge < -0.3 is 4.74 Å². The minimum Gasteiger partial charge on any atom is -0.466 e. The Bertz CT molecular complexity index is 230. The molecule has 0 bridgehead atoms. The maximum atomic E-state index is 11.6. The van der Waals surface area contributed by atoms with Crippen LogP contribution in [0.1, 0.15) is 40.0 Å². The topological polar surface area (TPSA) is 26.3 Å². The zero-order chi connectivity index (χ0) is 9.90. The van der Waals surface area contributed by atoms with E-state index in [1.54, 1.807) is 0 Å². The molecule has 1 rings (SSSR count). The van der Waals surface area contributed by atoms with E-state index in [4.69, 9.17) is 4.74 Å². The predicted molar refractivity (Wildman–Crippen MR) is 52.3 cm³/mol. The second kappa shape index (κ2) is 3.95. The third-order valence-corrected chi connectivity index (χ3v) is 2.74. The van der Waals surface area contributed by atoms with Crippen LogP contribution in [0, 0.1) is 5.41 Å². The molecule has 1 aliphatic carbocycles. The Morgan fingerprint density at radius 3 is 2.85 bits per heavy atom. The molecule has 13 heavy (non-hydrogen) atoms. The molecule has 0 amide bonds. The van der Waals surface area contributed by atoms with Crippen LogP contribution in [0.15, 0.2) is 11.6 Å². The second-order valence-electron chi connectivity index (χ2n) is 4.04. The Labute approximate surface area is 80.0 Å². The van der Waals surface area contributed by atoms with E-state index in [-0.39, 0.29) is 11.4 Å². The molecule has 0 radical (unpaired) electrons. The second-order valence-corrected chi connectivity index (χ2v) is 4.04. The molecule has 0 saturated carbocycles. The van der Waals surface area contributed by atoms with E-state index < -0.39 is 0 Å². The van der Waals surface area contributed by atoms with E-state index in [1.165, 1.54) is 5.57 Å². The number of hydrogen-bond donors (Lipinski definition) is 0. The molecule has 74 valence electrons. The van der Waals surface area contributed by atoms with Crippen LogP contribution < -0.4 is 0 Å². The van der Waals surface area contributed by atoms with Crippen molar-refractivity contribution in [3.8, 4) is 0 Å². The van der Waals surface area contributed by atoms with Gasteiger partial charge in [0.15, 0.2) is 0 Å². The van der Waals surface area contributed by atoms with Gasteiger partial charge in [0.1, 0.15) is 0 Å². The van der Waals surface area contributed by atoms with Crippen LogP contribution in [-0.2, 0) is 9.53 Å². The summed E-state index contributed by atoms with van der Waals surface area (Å²) in [5, 5.41) is 0. The van der Waals surface area contributed by atoms with Gasteiger partial charge in [0.05, 0.1) is 12.0 Å². The van der Waals surface area contributed by atoms with Gasteiger partial charge in [-0.15, -0.1) is 0 Å². The quantitative estimate of drug-likeness (QED) is 0.485. The Balaban J connectivity index is 2.62. The molecule has 1 aliphatic rings. The van der Waals surface area contributed by atoms with Gasteiger partial charge in [-0.05, 0) is 40.0 Å². The number of esters is 1. The molecule has 1 unspecified atom stereocenters. The van der Waals surface area contributed by atoms with Gasteiger partial charge in [0.2, 0.25) is 0 Å². The van der Waals surface area contributed by atoms with Crippen LogP contribution >= 0.6 is 0 Å². The third kappa shape index (κ3) is 2.33. The fourth-order valence-corrected chi connectivity index (χ4v) is 1.57. The summed E-state index contributed by atoms with van der Waals surface area (Å²) in [6.45, 7) is 6.45. The fourth-order valence-electron chi connectivity index (χ4n) is 1.57. The average molecular weight is 182 g/mol. The highest BCUT2D eigenvalue weighted by Crippen LogP contribution is 2.35. The molecule has 2 nitrogen and oxygen atoms in total. The first-order chi connectivity index (χ1) is 6.08. The van der Waals surface area contributed by atoms with Gasteiger partial charge >= 0.3 is 5.97 Å². The lowest BCUT2D eigenvalue weighted by molar-refractivity contribution is -0.154. The zero-order valence-corrected chi connectivity index (χ0v) is 8.72. The highest BCUT2D eigenvalue weighted by molar-refractivity contribution is 5.76. The van der Waals surface area contributed by atoms with Crippen LogP contribution in [0.4, 0.5) is 0 Å². The summed E-state index contributed by atoms with van der Waals surface area (Å²) in [4.78, 5) is 11.6. The third-order valence-electron chi connectivity index (χ3n) is 2.74. The molecular weight excluding hydrogens is 164 g/mol. The van der Waals surface area contributed by atoms with Crippen molar-refractivity contribution in [2.24, 2.45) is 5.41 Å². The summed E-state index contributed by atoms with van der Waals surface area (Å²) in [5.74, 6) is -0.0428. The first-order valence-corrected chi connectivity index (χ1v) is 4.91. The molecule has 0 fully saturated rings. The first-order valence-electron chi connectivity index (χ1n) is 4.91. The van der Waals surface area contributed by atoms with E-state index in [2.05, 4.69) is 13.0 Å². The standard InChI is InChI=1S/C11H18O2/c1-4-13-10(12)11(3)7-5-9(2)6-8-11/h5H,4,6-8H2,1-3H3. The lowest BCUT2D eigenvalue weighted by Gasteiger charge is -2.29. The molecule has 0 aromatic heterocycles. The van der Waals surface area contributed by atoms with Gasteiger partial charge in [0, 0.05) is 0 Å². The maximum Gasteiger partial charge on any atom is 0.312 e. The lowest BCUT2D eigenvalue weighted by atomic mass is 9.77. The van der Waals surface area contributed by atoms with Gasteiger partial charge in [-0.25, -0.2) is 0 Å². The molecule has 0 spiro atoms. The predicted octanol–water partition coefficient (Wildman–Crippen LogP) is 2.69. The van der Waals surface area contributed by atoms with Crippen molar-refractivity contribution in [1.82, 2.24) is 0 Å². The molecule has 0 heterocycles. The SMILES string of the molecule is CCOC(=O)C1(C)CC=C(C)CC1. The Kier molecular flexibility index (Phi) is 3.12. The van der Waals surface area contributed by atoms with Crippen LogP contribution in [0.2, 0.25) is 0 Å². The van der Waals surface area contributed by atoms with Crippen LogP contribution in [-0.4, -0.2) is 12.6 Å². The molecule has 0 saturated heterocycles. The molecule has 1 atom stereocenters. The van der Waals surface area contributed by atoms with Gasteiger partial charge in [-0.2, -0.15) is 0 Å². The number of ether oxygens (including phenoxy) is 1. The van der Waals surface area contributed by atoms with E-state index >= 15 is 0 Å². The summed E-state index contributed by atoms with van der Waals surface area (Å²) in [6, 6.07) is 0. The smallest absolute Gasteiger partial charge is 0.312 e. The van der Waals surface area contributed by atoms with Crippen LogP contribution in [0.3, 0.4) is 0 Å². The Hall–Kier alpha value is -0.790. The van der Waals surface area contributed by atoms with Crippen LogP contribution in [0.5, 0.6) is 0 Å². The lowest BCUT2D eigenvalue weighted by Crippen LogP contribution is -2.31. The number of hydrogen-bond acceptors (Lipinski definition) is 2. The van der Waals surface area contributed by atoms with Crippen molar-refractivity contribution < 1.29 is 9.53 Å². The average Bonchev–Trinajstić information content (AvgIpc) is 2.11. The Morgan fingerprint density at radius 2 is 2.38 bits per heavy atom. The van der Waals surface area contributed by atoms with Crippen molar-refractivity contribution in [2.75, 3.05) is 6.61 Å².